The Labute approximate surface area is 128 Å². The van der Waals surface area contributed by atoms with Crippen LogP contribution in [0.25, 0.3) is 0 Å². The third-order valence-corrected chi connectivity index (χ3v) is 3.09. The second-order valence-corrected chi connectivity index (χ2v) is 4.74. The molecule has 0 atom stereocenters. The van der Waals surface area contributed by atoms with Crippen molar-refractivity contribution in [2.45, 2.75) is 13.8 Å². The number of hydrogen-bond donors (Lipinski definition) is 2. The number of aryl methyl sites for hydroxylation is 1. The van der Waals surface area contributed by atoms with E-state index >= 15 is 0 Å². The zero-order valence-electron chi connectivity index (χ0n) is 12.4. The van der Waals surface area contributed by atoms with E-state index < -0.39 is 11.9 Å². The number of carboxylic acids is 1. The average Bonchev–Trinajstić information content (AvgIpc) is 2.49. The Balaban J connectivity index is 2.32. The van der Waals surface area contributed by atoms with Crippen molar-refractivity contribution >= 4 is 17.6 Å². The summed E-state index contributed by atoms with van der Waals surface area (Å²) in [6, 6.07) is 11.7. The molecule has 5 heteroatoms. The lowest BCUT2D eigenvalue weighted by Crippen LogP contribution is -2.16. The maximum Gasteiger partial charge on any atom is 0.337 e. The Morgan fingerprint density at radius 2 is 1.86 bits per heavy atom. The maximum atomic E-state index is 12.4. The van der Waals surface area contributed by atoms with Crippen LogP contribution in [0.5, 0.6) is 5.75 Å². The highest BCUT2D eigenvalue weighted by atomic mass is 16.5. The molecule has 0 radical (unpaired) electrons. The van der Waals surface area contributed by atoms with Gasteiger partial charge in [0.15, 0.2) is 0 Å². The summed E-state index contributed by atoms with van der Waals surface area (Å²) in [5.41, 5.74) is 1.49. The van der Waals surface area contributed by atoms with E-state index in [1.807, 2.05) is 6.92 Å². The van der Waals surface area contributed by atoms with Crippen molar-refractivity contribution in [1.29, 1.82) is 0 Å². The fourth-order valence-corrected chi connectivity index (χ4v) is 2.07. The van der Waals surface area contributed by atoms with Gasteiger partial charge in [-0.15, -0.1) is 0 Å². The van der Waals surface area contributed by atoms with E-state index in [-0.39, 0.29) is 11.3 Å². The largest absolute Gasteiger partial charge is 0.493 e. The molecule has 2 aromatic rings. The number of para-hydroxylation sites is 1. The quantitative estimate of drug-likeness (QED) is 0.887. The number of carbonyl (C=O) groups is 2. The second kappa shape index (κ2) is 6.76. The number of hydrogen-bond acceptors (Lipinski definition) is 3. The van der Waals surface area contributed by atoms with Gasteiger partial charge in [0, 0.05) is 0 Å². The van der Waals surface area contributed by atoms with Crippen LogP contribution in [0.2, 0.25) is 0 Å². The molecule has 0 aromatic heterocycles. The molecule has 2 rings (SSSR count). The summed E-state index contributed by atoms with van der Waals surface area (Å²) in [5, 5.41) is 11.9. The molecule has 1 amide bonds. The summed E-state index contributed by atoms with van der Waals surface area (Å²) < 4.78 is 5.42. The summed E-state index contributed by atoms with van der Waals surface area (Å²) in [4.78, 5) is 23.7. The van der Waals surface area contributed by atoms with Crippen LogP contribution in [0.4, 0.5) is 5.69 Å². The van der Waals surface area contributed by atoms with Gasteiger partial charge in [0.1, 0.15) is 5.75 Å². The maximum absolute atomic E-state index is 12.4. The van der Waals surface area contributed by atoms with E-state index in [1.54, 1.807) is 43.3 Å². The summed E-state index contributed by atoms with van der Waals surface area (Å²) >= 11 is 0. The van der Waals surface area contributed by atoms with Crippen LogP contribution in [0.1, 0.15) is 33.2 Å². The SMILES string of the molecule is CCOc1ccccc1C(=O)Nc1ccc(C)cc1C(=O)O. The summed E-state index contributed by atoms with van der Waals surface area (Å²) in [7, 11) is 0. The number of carboxylic acid groups (broad SMARTS) is 1. The minimum absolute atomic E-state index is 0.0576. The van der Waals surface area contributed by atoms with Gasteiger partial charge in [0.2, 0.25) is 0 Å². The first kappa shape index (κ1) is 15.6. The van der Waals surface area contributed by atoms with E-state index in [0.29, 0.717) is 17.9 Å². The van der Waals surface area contributed by atoms with Crippen LogP contribution in [-0.2, 0) is 0 Å². The minimum Gasteiger partial charge on any atom is -0.493 e. The molecule has 0 fully saturated rings. The molecule has 0 heterocycles. The van der Waals surface area contributed by atoms with Crippen molar-refractivity contribution in [2.24, 2.45) is 0 Å². The molecular formula is C17H17NO4. The molecule has 0 bridgehead atoms. The molecule has 0 aliphatic carbocycles. The molecule has 5 nitrogen and oxygen atoms in total. The molecule has 0 saturated carbocycles. The zero-order valence-corrected chi connectivity index (χ0v) is 12.4. The van der Waals surface area contributed by atoms with Crippen molar-refractivity contribution in [3.05, 3.63) is 59.2 Å². The second-order valence-electron chi connectivity index (χ2n) is 4.74. The Morgan fingerprint density at radius 3 is 2.55 bits per heavy atom. The lowest BCUT2D eigenvalue weighted by Gasteiger charge is -2.12. The number of nitrogens with one attached hydrogen (secondary N) is 1. The van der Waals surface area contributed by atoms with Gasteiger partial charge in [-0.3, -0.25) is 4.79 Å². The van der Waals surface area contributed by atoms with E-state index in [4.69, 9.17) is 4.74 Å². The topological polar surface area (TPSA) is 75.6 Å². The monoisotopic (exact) mass is 299 g/mol. The molecule has 0 unspecified atom stereocenters. The number of anilines is 1. The number of benzene rings is 2. The van der Waals surface area contributed by atoms with Gasteiger partial charge in [0.05, 0.1) is 23.4 Å². The fourth-order valence-electron chi connectivity index (χ4n) is 2.07. The Hall–Kier alpha value is -2.82. The number of amides is 1. The molecule has 114 valence electrons. The van der Waals surface area contributed by atoms with Gasteiger partial charge in [-0.2, -0.15) is 0 Å². The van der Waals surface area contributed by atoms with Gasteiger partial charge in [-0.25, -0.2) is 4.79 Å². The van der Waals surface area contributed by atoms with Gasteiger partial charge in [-0.1, -0.05) is 23.8 Å². The molecule has 2 aromatic carbocycles. The van der Waals surface area contributed by atoms with Crippen LogP contribution in [0.15, 0.2) is 42.5 Å². The van der Waals surface area contributed by atoms with Crippen molar-refractivity contribution in [2.75, 3.05) is 11.9 Å². The molecule has 2 N–H and O–H groups in total. The third kappa shape index (κ3) is 3.44. The Bertz CT molecular complexity index is 710. The van der Waals surface area contributed by atoms with Gasteiger partial charge in [-0.05, 0) is 38.1 Å². The highest BCUT2D eigenvalue weighted by Crippen LogP contribution is 2.22. The third-order valence-electron chi connectivity index (χ3n) is 3.09. The number of carbonyl (C=O) groups excluding carboxylic acids is 1. The minimum atomic E-state index is -1.09. The molecule has 22 heavy (non-hydrogen) atoms. The molecule has 0 aliphatic rings. The van der Waals surface area contributed by atoms with Crippen LogP contribution >= 0.6 is 0 Å². The molecule has 0 aliphatic heterocycles. The molecule has 0 saturated heterocycles. The lowest BCUT2D eigenvalue weighted by molar-refractivity contribution is 0.0698. The van der Waals surface area contributed by atoms with Crippen molar-refractivity contribution in [1.82, 2.24) is 0 Å². The number of ether oxygens (including phenoxy) is 1. The predicted molar refractivity (Wildman–Crippen MR) is 83.7 cm³/mol. The first-order valence-corrected chi connectivity index (χ1v) is 6.90. The van der Waals surface area contributed by atoms with Crippen molar-refractivity contribution in [3.63, 3.8) is 0 Å². The average molecular weight is 299 g/mol. The zero-order chi connectivity index (χ0) is 16.1. The molecule has 0 spiro atoms. The Morgan fingerprint density at radius 1 is 1.14 bits per heavy atom. The Kier molecular flexibility index (Phi) is 4.78. The smallest absolute Gasteiger partial charge is 0.337 e. The standard InChI is InChI=1S/C17H17NO4/c1-3-22-15-7-5-4-6-12(15)16(19)18-14-9-8-11(2)10-13(14)17(20)21/h4-10H,3H2,1-2H3,(H,18,19)(H,20,21). The first-order chi connectivity index (χ1) is 10.5. The highest BCUT2D eigenvalue weighted by molar-refractivity contribution is 6.09. The van der Waals surface area contributed by atoms with Gasteiger partial charge in [0.25, 0.3) is 5.91 Å². The number of aromatic carboxylic acids is 1. The first-order valence-electron chi connectivity index (χ1n) is 6.90. The summed E-state index contributed by atoms with van der Waals surface area (Å²) in [6.45, 7) is 4.06. The normalized spacial score (nSPS) is 10.1. The van der Waals surface area contributed by atoms with E-state index in [9.17, 15) is 14.7 Å². The van der Waals surface area contributed by atoms with Crippen LogP contribution in [-0.4, -0.2) is 23.6 Å². The highest BCUT2D eigenvalue weighted by Gasteiger charge is 2.16. The lowest BCUT2D eigenvalue weighted by atomic mass is 10.1. The van der Waals surface area contributed by atoms with E-state index in [2.05, 4.69) is 5.32 Å². The number of rotatable bonds is 5. The van der Waals surface area contributed by atoms with Crippen LogP contribution < -0.4 is 10.1 Å². The van der Waals surface area contributed by atoms with Crippen LogP contribution in [0.3, 0.4) is 0 Å². The molecular weight excluding hydrogens is 282 g/mol. The van der Waals surface area contributed by atoms with Crippen LogP contribution in [0, 0.1) is 6.92 Å². The van der Waals surface area contributed by atoms with Crippen molar-refractivity contribution < 1.29 is 19.4 Å². The van der Waals surface area contributed by atoms with Crippen molar-refractivity contribution in [3.8, 4) is 5.75 Å². The van der Waals surface area contributed by atoms with Gasteiger partial charge < -0.3 is 15.2 Å². The van der Waals surface area contributed by atoms with E-state index in [0.717, 1.165) is 5.56 Å². The predicted octanol–water partition coefficient (Wildman–Crippen LogP) is 3.34. The summed E-state index contributed by atoms with van der Waals surface area (Å²) in [6.07, 6.45) is 0. The van der Waals surface area contributed by atoms with E-state index in [1.165, 1.54) is 6.07 Å². The van der Waals surface area contributed by atoms with Gasteiger partial charge >= 0.3 is 5.97 Å². The summed E-state index contributed by atoms with van der Waals surface area (Å²) in [5.74, 6) is -1.03. The fraction of sp³-hybridized carbons (Fsp3) is 0.176.